The van der Waals surface area contributed by atoms with Gasteiger partial charge in [-0.05, 0) is 30.5 Å². The summed E-state index contributed by atoms with van der Waals surface area (Å²) in [6.45, 7) is 3.74. The summed E-state index contributed by atoms with van der Waals surface area (Å²) >= 11 is 0. The van der Waals surface area contributed by atoms with Crippen molar-refractivity contribution in [1.82, 2.24) is 0 Å². The van der Waals surface area contributed by atoms with Gasteiger partial charge in [-0.25, -0.2) is 4.39 Å². The normalized spacial score (nSPS) is 10.1. The van der Waals surface area contributed by atoms with E-state index in [4.69, 9.17) is 4.74 Å². The Kier molecular flexibility index (Phi) is 3.74. The second-order valence-electron chi connectivity index (χ2n) is 2.93. The minimum Gasteiger partial charge on any atom is -0.494 e. The van der Waals surface area contributed by atoms with E-state index in [9.17, 15) is 4.39 Å². The van der Waals surface area contributed by atoms with Gasteiger partial charge >= 0.3 is 0 Å². The lowest BCUT2D eigenvalue weighted by atomic mass is 10.1. The van der Waals surface area contributed by atoms with E-state index < -0.39 is 0 Å². The quantitative estimate of drug-likeness (QED) is 0.693. The number of benzene rings is 1. The van der Waals surface area contributed by atoms with Gasteiger partial charge in [0.15, 0.2) is 11.6 Å². The zero-order valence-corrected chi connectivity index (χ0v) is 7.85. The molecule has 0 aromatic heterocycles. The average molecular weight is 181 g/mol. The average Bonchev–Trinajstić information content (AvgIpc) is 2.15. The third-order valence-corrected chi connectivity index (χ3v) is 1.93. The number of aryl methyl sites for hydroxylation is 1. The number of hydrogen-bond acceptors (Lipinski definition) is 1. The fourth-order valence-electron chi connectivity index (χ4n) is 1.19. The molecule has 1 aromatic rings. The van der Waals surface area contributed by atoms with E-state index in [0.717, 1.165) is 24.8 Å². The van der Waals surface area contributed by atoms with Crippen molar-refractivity contribution in [2.75, 3.05) is 7.11 Å². The molecule has 2 heteroatoms. The van der Waals surface area contributed by atoms with E-state index in [-0.39, 0.29) is 5.82 Å². The minimum absolute atomic E-state index is 0.288. The molecule has 0 saturated heterocycles. The third kappa shape index (κ3) is 2.72. The molecule has 0 unspecified atom stereocenters. The Bertz CT molecular complexity index is 271. The molecule has 0 aliphatic carbocycles. The number of methoxy groups -OCH3 is 1. The second-order valence-corrected chi connectivity index (χ2v) is 2.93. The van der Waals surface area contributed by atoms with Crippen LogP contribution in [0.25, 0.3) is 0 Å². The molecule has 0 heterocycles. The Morgan fingerprint density at radius 1 is 1.46 bits per heavy atom. The van der Waals surface area contributed by atoms with Gasteiger partial charge in [0, 0.05) is 0 Å². The van der Waals surface area contributed by atoms with Gasteiger partial charge in [-0.3, -0.25) is 0 Å². The smallest absolute Gasteiger partial charge is 0.165 e. The van der Waals surface area contributed by atoms with Crippen LogP contribution in [0.1, 0.15) is 18.4 Å². The highest BCUT2D eigenvalue weighted by atomic mass is 19.1. The number of unbranched alkanes of at least 4 members (excludes halogenated alkanes) is 1. The standard InChI is InChI=1S/C11H14FO/c1-3-4-5-9-6-7-11(13-2)10(12)8-9/h6-8H,1,3-5H2,2H3. The Morgan fingerprint density at radius 3 is 2.77 bits per heavy atom. The number of ether oxygens (including phenoxy) is 1. The van der Waals surface area contributed by atoms with E-state index in [1.165, 1.54) is 13.2 Å². The van der Waals surface area contributed by atoms with Crippen molar-refractivity contribution >= 4 is 0 Å². The van der Waals surface area contributed by atoms with Crippen LogP contribution >= 0.6 is 0 Å². The lowest BCUT2D eigenvalue weighted by Crippen LogP contribution is -1.91. The fraction of sp³-hybridized carbons (Fsp3) is 0.364. The van der Waals surface area contributed by atoms with E-state index >= 15 is 0 Å². The van der Waals surface area contributed by atoms with E-state index in [2.05, 4.69) is 6.92 Å². The molecule has 0 aliphatic heterocycles. The Hall–Kier alpha value is -1.05. The summed E-state index contributed by atoms with van der Waals surface area (Å²) < 4.78 is 18.0. The summed E-state index contributed by atoms with van der Waals surface area (Å²) in [5.41, 5.74) is 1.00. The lowest BCUT2D eigenvalue weighted by molar-refractivity contribution is 0.386. The van der Waals surface area contributed by atoms with Crippen molar-refractivity contribution in [2.24, 2.45) is 0 Å². The van der Waals surface area contributed by atoms with Gasteiger partial charge in [0.1, 0.15) is 0 Å². The van der Waals surface area contributed by atoms with Crippen molar-refractivity contribution in [3.8, 4) is 5.75 Å². The third-order valence-electron chi connectivity index (χ3n) is 1.93. The van der Waals surface area contributed by atoms with Crippen molar-refractivity contribution in [2.45, 2.75) is 19.3 Å². The van der Waals surface area contributed by atoms with Crippen LogP contribution in [0.2, 0.25) is 0 Å². The van der Waals surface area contributed by atoms with Gasteiger partial charge in [-0.2, -0.15) is 0 Å². The van der Waals surface area contributed by atoms with Crippen LogP contribution in [0, 0.1) is 12.7 Å². The maximum Gasteiger partial charge on any atom is 0.165 e. The summed E-state index contributed by atoms with van der Waals surface area (Å²) in [6, 6.07) is 5.07. The van der Waals surface area contributed by atoms with Gasteiger partial charge in [0.05, 0.1) is 7.11 Å². The predicted molar refractivity (Wildman–Crippen MR) is 51.2 cm³/mol. The highest BCUT2D eigenvalue weighted by Gasteiger charge is 2.02. The zero-order valence-electron chi connectivity index (χ0n) is 7.85. The van der Waals surface area contributed by atoms with Crippen LogP contribution in [0.15, 0.2) is 18.2 Å². The summed E-state index contributed by atoms with van der Waals surface area (Å²) in [5, 5.41) is 0. The van der Waals surface area contributed by atoms with Crippen molar-refractivity contribution in [1.29, 1.82) is 0 Å². The number of rotatable bonds is 4. The van der Waals surface area contributed by atoms with Gasteiger partial charge in [-0.15, -0.1) is 0 Å². The summed E-state index contributed by atoms with van der Waals surface area (Å²) in [5.74, 6) is 0.0161. The second kappa shape index (κ2) is 4.85. The van der Waals surface area contributed by atoms with Gasteiger partial charge in [-0.1, -0.05) is 19.4 Å². The molecular weight excluding hydrogens is 167 g/mol. The van der Waals surface area contributed by atoms with E-state index in [0.29, 0.717) is 5.75 Å². The first kappa shape index (κ1) is 10.0. The Balaban J connectivity index is 2.71. The molecule has 0 spiro atoms. The van der Waals surface area contributed by atoms with Gasteiger partial charge < -0.3 is 4.74 Å². The summed E-state index contributed by atoms with van der Waals surface area (Å²) in [4.78, 5) is 0. The first-order chi connectivity index (χ1) is 6.27. The molecule has 1 nitrogen and oxygen atoms in total. The molecule has 0 saturated carbocycles. The van der Waals surface area contributed by atoms with Crippen LogP contribution in [0.5, 0.6) is 5.75 Å². The molecule has 1 aromatic carbocycles. The highest BCUT2D eigenvalue weighted by Crippen LogP contribution is 2.18. The Morgan fingerprint density at radius 2 is 2.23 bits per heavy atom. The van der Waals surface area contributed by atoms with Crippen LogP contribution in [0.4, 0.5) is 4.39 Å². The molecule has 0 fully saturated rings. The van der Waals surface area contributed by atoms with Gasteiger partial charge in [0.25, 0.3) is 0 Å². The molecule has 1 rings (SSSR count). The monoisotopic (exact) mass is 181 g/mol. The predicted octanol–water partition coefficient (Wildman–Crippen LogP) is 2.99. The molecule has 0 atom stereocenters. The molecule has 0 N–H and O–H groups in total. The van der Waals surface area contributed by atoms with Crippen LogP contribution in [0.3, 0.4) is 0 Å². The maximum absolute atomic E-state index is 13.1. The van der Waals surface area contributed by atoms with E-state index in [1.54, 1.807) is 6.07 Å². The van der Waals surface area contributed by atoms with Crippen molar-refractivity contribution < 1.29 is 9.13 Å². The summed E-state index contributed by atoms with van der Waals surface area (Å²) in [6.07, 6.45) is 2.75. The molecule has 0 aliphatic rings. The number of halogens is 1. The van der Waals surface area contributed by atoms with Crippen LogP contribution < -0.4 is 4.74 Å². The van der Waals surface area contributed by atoms with Crippen LogP contribution in [-0.2, 0) is 6.42 Å². The van der Waals surface area contributed by atoms with Gasteiger partial charge in [0.2, 0.25) is 0 Å². The first-order valence-corrected chi connectivity index (χ1v) is 4.39. The Labute approximate surface area is 78.5 Å². The molecular formula is C11H14FO. The lowest BCUT2D eigenvalue weighted by Gasteiger charge is -2.04. The van der Waals surface area contributed by atoms with Crippen molar-refractivity contribution in [3.63, 3.8) is 0 Å². The molecule has 0 amide bonds. The maximum atomic E-state index is 13.1. The van der Waals surface area contributed by atoms with Crippen LogP contribution in [-0.4, -0.2) is 7.11 Å². The van der Waals surface area contributed by atoms with Crippen molar-refractivity contribution in [3.05, 3.63) is 36.5 Å². The molecule has 71 valence electrons. The first-order valence-electron chi connectivity index (χ1n) is 4.39. The molecule has 13 heavy (non-hydrogen) atoms. The largest absolute Gasteiger partial charge is 0.494 e. The molecule has 1 radical (unpaired) electrons. The SMILES string of the molecule is [CH2]CCCc1ccc(OC)c(F)c1. The topological polar surface area (TPSA) is 9.23 Å². The highest BCUT2D eigenvalue weighted by molar-refractivity contribution is 5.29. The zero-order chi connectivity index (χ0) is 9.68. The summed E-state index contributed by atoms with van der Waals surface area (Å²) in [7, 11) is 1.47. The fourth-order valence-corrected chi connectivity index (χ4v) is 1.19. The minimum atomic E-state index is -0.288. The number of hydrogen-bond donors (Lipinski definition) is 0. The van der Waals surface area contributed by atoms with E-state index in [1.807, 2.05) is 6.07 Å². The molecule has 0 bridgehead atoms.